The zero-order valence-electron chi connectivity index (χ0n) is 24.7. The van der Waals surface area contributed by atoms with Gasteiger partial charge in [-0.25, -0.2) is 13.1 Å². The van der Waals surface area contributed by atoms with Gasteiger partial charge in [-0.15, -0.1) is 0 Å². The minimum Gasteiger partial charge on any atom is -0.497 e. The summed E-state index contributed by atoms with van der Waals surface area (Å²) >= 11 is 0. The van der Waals surface area contributed by atoms with E-state index in [0.717, 1.165) is 62.8 Å². The molecule has 2 unspecified atom stereocenters. The molecule has 2 aliphatic rings. The molecule has 0 bridgehead atoms. The molecule has 0 heterocycles. The number of aryl methyl sites for hydroxylation is 1. The van der Waals surface area contributed by atoms with E-state index in [1.165, 1.54) is 35.4 Å². The van der Waals surface area contributed by atoms with E-state index in [1.54, 1.807) is 19.2 Å². The Morgan fingerprint density at radius 2 is 1.55 bits per heavy atom. The second-order valence-electron chi connectivity index (χ2n) is 11.8. The van der Waals surface area contributed by atoms with Gasteiger partial charge in [-0.2, -0.15) is 0 Å². The van der Waals surface area contributed by atoms with Gasteiger partial charge in [0.2, 0.25) is 10.0 Å². The van der Waals surface area contributed by atoms with Crippen LogP contribution in [0, 0.1) is 32.1 Å². The van der Waals surface area contributed by atoms with Gasteiger partial charge in [-0.1, -0.05) is 30.3 Å². The number of nitro groups is 2. The molecular weight excluding hydrogens is 584 g/mol. The van der Waals surface area contributed by atoms with Crippen LogP contribution in [0.4, 0.5) is 11.4 Å². The molecule has 1 fully saturated rings. The zero-order valence-corrected chi connectivity index (χ0v) is 25.5. The van der Waals surface area contributed by atoms with Gasteiger partial charge < -0.3 is 10.1 Å². The largest absolute Gasteiger partial charge is 0.497 e. The second kappa shape index (κ2) is 13.8. The number of sulfonamides is 1. The topological polar surface area (TPSA) is 154 Å². The lowest BCUT2D eigenvalue weighted by Gasteiger charge is -2.37. The first kappa shape index (κ1) is 31.6. The standard InChI is InChI=1S/C32H38N4O7S/c1-43-27-15-16-28-25(19-27)12-17-30(29(28)18-22-10-13-26(14-11-22)35(37)38)33-20-23-6-8-24(9-7-23)21-34-44(41,42)32-5-3-2-4-31(32)36(39)40/h2-5,10-11,13-16,19,23-24,29-30,33-34H,6-9,12,17-18,20-21H2,1H3. The maximum Gasteiger partial charge on any atom is 0.289 e. The summed E-state index contributed by atoms with van der Waals surface area (Å²) in [6.45, 7) is 1.12. The fourth-order valence-electron chi connectivity index (χ4n) is 6.62. The normalized spacial score (nSPS) is 21.8. The summed E-state index contributed by atoms with van der Waals surface area (Å²) in [4.78, 5) is 21.1. The molecule has 234 valence electrons. The maximum absolute atomic E-state index is 12.8. The smallest absolute Gasteiger partial charge is 0.289 e. The molecule has 44 heavy (non-hydrogen) atoms. The average molecular weight is 623 g/mol. The average Bonchev–Trinajstić information content (AvgIpc) is 3.03. The lowest BCUT2D eigenvalue weighted by Crippen LogP contribution is -2.42. The van der Waals surface area contributed by atoms with Crippen molar-refractivity contribution in [3.05, 3.63) is 104 Å². The van der Waals surface area contributed by atoms with Crippen LogP contribution < -0.4 is 14.8 Å². The van der Waals surface area contributed by atoms with Crippen molar-refractivity contribution in [2.24, 2.45) is 11.8 Å². The Kier molecular flexibility index (Phi) is 9.92. The van der Waals surface area contributed by atoms with E-state index in [9.17, 15) is 28.6 Å². The number of ether oxygens (including phenoxy) is 1. The van der Waals surface area contributed by atoms with Crippen molar-refractivity contribution in [1.29, 1.82) is 0 Å². The number of nitro benzene ring substituents is 2. The number of non-ortho nitro benzene ring substituents is 1. The Labute approximate surface area is 257 Å². The zero-order chi connectivity index (χ0) is 31.3. The number of fused-ring (bicyclic) bond motifs is 1. The molecule has 0 aromatic heterocycles. The first-order chi connectivity index (χ1) is 21.1. The molecule has 2 aliphatic carbocycles. The molecule has 2 N–H and O–H groups in total. The quantitative estimate of drug-likeness (QED) is 0.198. The van der Waals surface area contributed by atoms with Gasteiger partial charge in [-0.05, 0) is 98.2 Å². The third kappa shape index (κ3) is 7.43. The Hall–Kier alpha value is -3.87. The van der Waals surface area contributed by atoms with Crippen molar-refractivity contribution in [1.82, 2.24) is 10.0 Å². The molecule has 3 aromatic rings. The van der Waals surface area contributed by atoms with E-state index in [4.69, 9.17) is 4.74 Å². The third-order valence-electron chi connectivity index (χ3n) is 9.11. The van der Waals surface area contributed by atoms with Gasteiger partial charge in [0.1, 0.15) is 5.75 Å². The van der Waals surface area contributed by atoms with Crippen molar-refractivity contribution in [3.63, 3.8) is 0 Å². The van der Waals surface area contributed by atoms with Gasteiger partial charge in [0.15, 0.2) is 4.90 Å². The predicted octanol–water partition coefficient (Wildman–Crippen LogP) is 5.53. The van der Waals surface area contributed by atoms with Crippen LogP contribution in [0.2, 0.25) is 0 Å². The Balaban J connectivity index is 1.18. The number of benzene rings is 3. The third-order valence-corrected chi connectivity index (χ3v) is 10.6. The summed E-state index contributed by atoms with van der Waals surface area (Å²) < 4.78 is 33.7. The van der Waals surface area contributed by atoms with Crippen LogP contribution in [0.15, 0.2) is 71.6 Å². The molecular formula is C32H38N4O7S. The number of rotatable bonds is 12. The molecule has 0 amide bonds. The summed E-state index contributed by atoms with van der Waals surface area (Å²) in [6.07, 6.45) is 6.38. The molecule has 0 radical (unpaired) electrons. The van der Waals surface area contributed by atoms with Crippen LogP contribution in [-0.4, -0.2) is 44.5 Å². The fourth-order valence-corrected chi connectivity index (χ4v) is 7.91. The second-order valence-corrected chi connectivity index (χ2v) is 13.6. The Morgan fingerprint density at radius 3 is 2.20 bits per heavy atom. The highest BCUT2D eigenvalue weighted by Crippen LogP contribution is 2.37. The molecule has 3 aromatic carbocycles. The van der Waals surface area contributed by atoms with E-state index in [0.29, 0.717) is 5.92 Å². The lowest BCUT2D eigenvalue weighted by molar-refractivity contribution is -0.387. The van der Waals surface area contributed by atoms with Crippen molar-refractivity contribution in [2.45, 2.75) is 61.8 Å². The molecule has 11 nitrogen and oxygen atoms in total. The first-order valence-electron chi connectivity index (χ1n) is 15.0. The molecule has 0 saturated heterocycles. The molecule has 1 saturated carbocycles. The summed E-state index contributed by atoms with van der Waals surface area (Å²) in [6, 6.07) is 18.7. The monoisotopic (exact) mass is 622 g/mol. The highest BCUT2D eigenvalue weighted by Gasteiger charge is 2.32. The van der Waals surface area contributed by atoms with Crippen molar-refractivity contribution >= 4 is 21.4 Å². The number of nitrogens with zero attached hydrogens (tertiary/aromatic N) is 2. The van der Waals surface area contributed by atoms with E-state index < -0.39 is 20.6 Å². The molecule has 5 rings (SSSR count). The van der Waals surface area contributed by atoms with Crippen molar-refractivity contribution in [3.8, 4) is 5.75 Å². The van der Waals surface area contributed by atoms with Crippen LogP contribution in [0.25, 0.3) is 0 Å². The van der Waals surface area contributed by atoms with E-state index in [2.05, 4.69) is 22.2 Å². The number of methoxy groups -OCH3 is 1. The summed E-state index contributed by atoms with van der Waals surface area (Å²) in [5.74, 6) is 1.69. The maximum atomic E-state index is 12.8. The minimum absolute atomic E-state index is 0.0852. The number of hydrogen-bond acceptors (Lipinski definition) is 8. The minimum atomic E-state index is -3.99. The van der Waals surface area contributed by atoms with E-state index in [-0.39, 0.29) is 39.9 Å². The molecule has 0 spiro atoms. The van der Waals surface area contributed by atoms with Crippen LogP contribution in [0.3, 0.4) is 0 Å². The summed E-state index contributed by atoms with van der Waals surface area (Å²) in [5.41, 5.74) is 3.27. The molecule has 12 heteroatoms. The van der Waals surface area contributed by atoms with Gasteiger partial charge in [0, 0.05) is 36.7 Å². The number of hydrogen-bond donors (Lipinski definition) is 2. The van der Waals surface area contributed by atoms with Gasteiger partial charge in [0.05, 0.1) is 17.0 Å². The highest BCUT2D eigenvalue weighted by atomic mass is 32.2. The van der Waals surface area contributed by atoms with Crippen molar-refractivity contribution < 1.29 is 23.0 Å². The Bertz CT molecular complexity index is 1590. The summed E-state index contributed by atoms with van der Waals surface area (Å²) in [7, 11) is -2.32. The lowest BCUT2D eigenvalue weighted by atomic mass is 9.75. The van der Waals surface area contributed by atoms with Crippen molar-refractivity contribution in [2.75, 3.05) is 20.2 Å². The predicted molar refractivity (Wildman–Crippen MR) is 166 cm³/mol. The fraction of sp³-hybridized carbons (Fsp3) is 0.438. The van der Waals surface area contributed by atoms with Gasteiger partial charge in [0.25, 0.3) is 11.4 Å². The number of para-hydroxylation sites is 1. The van der Waals surface area contributed by atoms with Crippen LogP contribution >= 0.6 is 0 Å². The van der Waals surface area contributed by atoms with Gasteiger partial charge in [-0.3, -0.25) is 20.2 Å². The van der Waals surface area contributed by atoms with Gasteiger partial charge >= 0.3 is 0 Å². The van der Waals surface area contributed by atoms with Crippen LogP contribution in [-0.2, 0) is 22.9 Å². The highest BCUT2D eigenvalue weighted by molar-refractivity contribution is 7.89. The van der Waals surface area contributed by atoms with Crippen LogP contribution in [0.1, 0.15) is 54.7 Å². The SMILES string of the molecule is COc1ccc2c(c1)CCC(NCC1CCC(CNS(=O)(=O)c3ccccc3[N+](=O)[O-])CC1)C2Cc1ccc([N+](=O)[O-])cc1. The summed E-state index contributed by atoms with van der Waals surface area (Å²) in [5, 5.41) is 26.3. The number of nitrogens with one attached hydrogen (secondary N) is 2. The van der Waals surface area contributed by atoms with E-state index >= 15 is 0 Å². The van der Waals surface area contributed by atoms with E-state index in [1.807, 2.05) is 18.2 Å². The molecule has 2 atom stereocenters. The Morgan fingerprint density at radius 1 is 0.864 bits per heavy atom. The first-order valence-corrected chi connectivity index (χ1v) is 16.5. The molecule has 0 aliphatic heterocycles. The van der Waals surface area contributed by atoms with Crippen LogP contribution in [0.5, 0.6) is 5.75 Å².